The van der Waals surface area contributed by atoms with Gasteiger partial charge in [-0.2, -0.15) is 0 Å². The van der Waals surface area contributed by atoms with Crippen molar-refractivity contribution in [2.45, 2.75) is 77.7 Å². The van der Waals surface area contributed by atoms with Crippen LogP contribution in [0.5, 0.6) is 0 Å². The number of benzene rings is 1. The Morgan fingerprint density at radius 3 is 2.54 bits per heavy atom. The SMILES string of the molecule is CCOC1CC=C(c2ccc(CC/C=C/C3CCC(C)CC3)c(F)c2F)CC1. The molecule has 2 aliphatic carbocycles. The molecule has 1 atom stereocenters. The van der Waals surface area contributed by atoms with Gasteiger partial charge >= 0.3 is 0 Å². The summed E-state index contributed by atoms with van der Waals surface area (Å²) in [6.07, 6.45) is 15.5. The molecule has 1 nitrogen and oxygen atoms in total. The predicted octanol–water partition coefficient (Wildman–Crippen LogP) is 7.25. The molecule has 0 aromatic heterocycles. The van der Waals surface area contributed by atoms with Gasteiger partial charge in [0.25, 0.3) is 0 Å². The van der Waals surface area contributed by atoms with Crippen molar-refractivity contribution in [1.82, 2.24) is 0 Å². The summed E-state index contributed by atoms with van der Waals surface area (Å²) >= 11 is 0. The third-order valence-electron chi connectivity index (χ3n) is 6.32. The van der Waals surface area contributed by atoms with Crippen LogP contribution in [-0.4, -0.2) is 12.7 Å². The first-order valence-electron chi connectivity index (χ1n) is 11.0. The zero-order valence-corrected chi connectivity index (χ0v) is 17.4. The van der Waals surface area contributed by atoms with E-state index in [-0.39, 0.29) is 6.10 Å². The van der Waals surface area contributed by atoms with Crippen LogP contribution in [0, 0.1) is 23.5 Å². The molecular formula is C25H34F2O. The number of allylic oxidation sites excluding steroid dienone is 3. The number of rotatable bonds is 7. The van der Waals surface area contributed by atoms with Gasteiger partial charge in [-0.3, -0.25) is 0 Å². The number of aryl methyl sites for hydroxylation is 1. The third-order valence-corrected chi connectivity index (χ3v) is 6.32. The van der Waals surface area contributed by atoms with E-state index in [0.29, 0.717) is 30.1 Å². The maximum absolute atomic E-state index is 14.7. The normalized spacial score (nSPS) is 25.9. The van der Waals surface area contributed by atoms with Gasteiger partial charge in [-0.1, -0.05) is 50.1 Å². The number of ether oxygens (including phenoxy) is 1. The Bertz CT molecular complexity index is 699. The van der Waals surface area contributed by atoms with Gasteiger partial charge in [0, 0.05) is 12.2 Å². The highest BCUT2D eigenvalue weighted by atomic mass is 19.2. The van der Waals surface area contributed by atoms with Gasteiger partial charge < -0.3 is 4.74 Å². The Hall–Kier alpha value is -1.48. The first-order chi connectivity index (χ1) is 13.6. The van der Waals surface area contributed by atoms with E-state index in [9.17, 15) is 8.78 Å². The molecule has 0 bridgehead atoms. The zero-order valence-electron chi connectivity index (χ0n) is 17.4. The smallest absolute Gasteiger partial charge is 0.166 e. The highest BCUT2D eigenvalue weighted by molar-refractivity contribution is 5.67. The topological polar surface area (TPSA) is 9.23 Å². The summed E-state index contributed by atoms with van der Waals surface area (Å²) in [5.74, 6) is 0.151. The maximum atomic E-state index is 14.7. The van der Waals surface area contributed by atoms with Crippen LogP contribution >= 0.6 is 0 Å². The van der Waals surface area contributed by atoms with Gasteiger partial charge in [-0.05, 0) is 74.8 Å². The predicted molar refractivity (Wildman–Crippen MR) is 112 cm³/mol. The van der Waals surface area contributed by atoms with Crippen LogP contribution in [0.15, 0.2) is 30.4 Å². The molecule has 28 heavy (non-hydrogen) atoms. The standard InChI is InChI=1S/C25H34F2O/c1-3-28-22-15-12-20(13-16-22)23-17-14-21(24(26)25(23)27)7-5-4-6-19-10-8-18(2)9-11-19/h4,6,12,14,17-19,22H,3,5,7-11,13,15-16H2,1-2H3/b6-4+. The van der Waals surface area contributed by atoms with Gasteiger partial charge in [0.05, 0.1) is 6.10 Å². The van der Waals surface area contributed by atoms with Crippen LogP contribution in [-0.2, 0) is 11.2 Å². The molecule has 1 saturated carbocycles. The van der Waals surface area contributed by atoms with Gasteiger partial charge in [0.1, 0.15) is 0 Å². The number of halogens is 2. The van der Waals surface area contributed by atoms with Crippen LogP contribution in [0.1, 0.15) is 76.3 Å². The molecular weight excluding hydrogens is 354 g/mol. The van der Waals surface area contributed by atoms with Crippen molar-refractivity contribution in [3.05, 3.63) is 53.1 Å². The summed E-state index contributed by atoms with van der Waals surface area (Å²) in [5, 5.41) is 0. The van der Waals surface area contributed by atoms with E-state index in [4.69, 9.17) is 4.74 Å². The monoisotopic (exact) mass is 388 g/mol. The van der Waals surface area contributed by atoms with Crippen molar-refractivity contribution in [3.63, 3.8) is 0 Å². The molecule has 0 heterocycles. The second-order valence-corrected chi connectivity index (χ2v) is 8.47. The lowest BCUT2D eigenvalue weighted by molar-refractivity contribution is 0.0579. The fourth-order valence-electron chi connectivity index (χ4n) is 4.48. The summed E-state index contributed by atoms with van der Waals surface area (Å²) in [6, 6.07) is 3.52. The van der Waals surface area contributed by atoms with E-state index < -0.39 is 11.6 Å². The molecule has 0 spiro atoms. The minimum absolute atomic E-state index is 0.208. The molecule has 1 aromatic rings. The van der Waals surface area contributed by atoms with E-state index in [1.54, 1.807) is 12.1 Å². The Balaban J connectivity index is 1.56. The van der Waals surface area contributed by atoms with Crippen LogP contribution in [0.3, 0.4) is 0 Å². The first-order valence-corrected chi connectivity index (χ1v) is 11.0. The molecule has 1 unspecified atom stereocenters. The summed E-state index contributed by atoms with van der Waals surface area (Å²) < 4.78 is 34.9. The van der Waals surface area contributed by atoms with Crippen LogP contribution in [0.2, 0.25) is 0 Å². The van der Waals surface area contributed by atoms with E-state index in [0.717, 1.165) is 37.2 Å². The van der Waals surface area contributed by atoms with Crippen LogP contribution < -0.4 is 0 Å². The average molecular weight is 389 g/mol. The molecule has 3 heteroatoms. The number of hydrogen-bond acceptors (Lipinski definition) is 1. The van der Waals surface area contributed by atoms with E-state index in [1.807, 2.05) is 13.0 Å². The lowest BCUT2D eigenvalue weighted by Crippen LogP contribution is -2.16. The maximum Gasteiger partial charge on any atom is 0.166 e. The van der Waals surface area contributed by atoms with E-state index in [1.165, 1.54) is 25.7 Å². The fraction of sp³-hybridized carbons (Fsp3) is 0.600. The Morgan fingerprint density at radius 1 is 1.07 bits per heavy atom. The largest absolute Gasteiger partial charge is 0.378 e. The highest BCUT2D eigenvalue weighted by Gasteiger charge is 2.20. The lowest BCUT2D eigenvalue weighted by Gasteiger charge is -2.23. The quantitative estimate of drug-likeness (QED) is 0.447. The summed E-state index contributed by atoms with van der Waals surface area (Å²) in [4.78, 5) is 0. The van der Waals surface area contributed by atoms with Crippen LogP contribution in [0.4, 0.5) is 8.78 Å². The second kappa shape index (κ2) is 10.3. The molecule has 2 aliphatic rings. The van der Waals surface area contributed by atoms with Gasteiger partial charge in [-0.25, -0.2) is 8.78 Å². The molecule has 0 N–H and O–H groups in total. The molecule has 0 radical (unpaired) electrons. The summed E-state index contributed by atoms with van der Waals surface area (Å²) in [5.41, 5.74) is 1.81. The van der Waals surface area contributed by atoms with Crippen molar-refractivity contribution in [3.8, 4) is 0 Å². The molecule has 3 rings (SSSR count). The fourth-order valence-corrected chi connectivity index (χ4v) is 4.48. The Labute approximate surface area is 168 Å². The molecule has 154 valence electrons. The van der Waals surface area contributed by atoms with Gasteiger partial charge in [0.2, 0.25) is 0 Å². The molecule has 1 fully saturated rings. The lowest BCUT2D eigenvalue weighted by atomic mass is 9.83. The van der Waals surface area contributed by atoms with Gasteiger partial charge in [-0.15, -0.1) is 0 Å². The van der Waals surface area contributed by atoms with Crippen molar-refractivity contribution < 1.29 is 13.5 Å². The molecule has 0 aliphatic heterocycles. The zero-order chi connectivity index (χ0) is 19.9. The average Bonchev–Trinajstić information content (AvgIpc) is 2.71. The second-order valence-electron chi connectivity index (χ2n) is 8.47. The third kappa shape index (κ3) is 5.53. The molecule has 1 aromatic carbocycles. The Morgan fingerprint density at radius 2 is 1.86 bits per heavy atom. The highest BCUT2D eigenvalue weighted by Crippen LogP contribution is 2.32. The Kier molecular flexibility index (Phi) is 7.84. The van der Waals surface area contributed by atoms with Gasteiger partial charge in [0.15, 0.2) is 11.6 Å². The minimum Gasteiger partial charge on any atom is -0.378 e. The first kappa shape index (κ1) is 21.2. The van der Waals surface area contributed by atoms with Crippen molar-refractivity contribution in [1.29, 1.82) is 0 Å². The minimum atomic E-state index is -0.691. The van der Waals surface area contributed by atoms with Crippen molar-refractivity contribution >= 4 is 5.57 Å². The summed E-state index contributed by atoms with van der Waals surface area (Å²) in [6.45, 7) is 5.00. The number of hydrogen-bond donors (Lipinski definition) is 0. The van der Waals surface area contributed by atoms with E-state index in [2.05, 4.69) is 19.1 Å². The molecule has 0 saturated heterocycles. The van der Waals surface area contributed by atoms with Crippen molar-refractivity contribution in [2.75, 3.05) is 6.61 Å². The van der Waals surface area contributed by atoms with Crippen molar-refractivity contribution in [2.24, 2.45) is 11.8 Å². The molecule has 0 amide bonds. The summed E-state index contributed by atoms with van der Waals surface area (Å²) in [7, 11) is 0. The van der Waals surface area contributed by atoms with Crippen LogP contribution in [0.25, 0.3) is 5.57 Å². The van der Waals surface area contributed by atoms with E-state index >= 15 is 0 Å².